The van der Waals surface area contributed by atoms with Gasteiger partial charge in [-0.3, -0.25) is 4.79 Å². The summed E-state index contributed by atoms with van der Waals surface area (Å²) in [5.41, 5.74) is 0.308. The van der Waals surface area contributed by atoms with E-state index in [2.05, 4.69) is 5.32 Å². The van der Waals surface area contributed by atoms with E-state index in [1.807, 2.05) is 0 Å². The van der Waals surface area contributed by atoms with Crippen LogP contribution in [0, 0.1) is 11.7 Å². The molecule has 2 rings (SSSR count). The Morgan fingerprint density at radius 2 is 2.23 bits per heavy atom. The highest BCUT2D eigenvalue weighted by molar-refractivity contribution is 7.89. The monoisotopic (exact) mass is 348 g/mol. The van der Waals surface area contributed by atoms with E-state index in [9.17, 15) is 17.6 Å². The summed E-state index contributed by atoms with van der Waals surface area (Å²) < 4.78 is 38.5. The first-order chi connectivity index (χ1) is 10.3. The van der Waals surface area contributed by atoms with Gasteiger partial charge in [0.05, 0.1) is 16.7 Å². The molecule has 0 bridgehead atoms. The van der Waals surface area contributed by atoms with Crippen molar-refractivity contribution in [3.05, 3.63) is 29.0 Å². The van der Waals surface area contributed by atoms with Crippen molar-refractivity contribution in [2.24, 2.45) is 5.92 Å². The fraction of sp³-hybridized carbons (Fsp3) is 0.500. The van der Waals surface area contributed by atoms with Gasteiger partial charge in [-0.1, -0.05) is 11.6 Å². The van der Waals surface area contributed by atoms with E-state index in [4.69, 9.17) is 11.6 Å². The van der Waals surface area contributed by atoms with Gasteiger partial charge >= 0.3 is 0 Å². The van der Waals surface area contributed by atoms with Gasteiger partial charge in [-0.25, -0.2) is 17.1 Å². The number of piperidine rings is 1. The Bertz CT molecular complexity index is 666. The lowest BCUT2D eigenvalue weighted by molar-refractivity contribution is -0.120. The first kappa shape index (κ1) is 17.2. The summed E-state index contributed by atoms with van der Waals surface area (Å²) >= 11 is 5.59. The van der Waals surface area contributed by atoms with E-state index in [0.29, 0.717) is 25.1 Å². The maximum atomic E-state index is 13.4. The SMILES string of the molecule is CCS(=O)(=O)N1CCC[C@H](C(=O)Nc2ccc(Cl)c(F)c2)C1. The standard InChI is InChI=1S/C14H18ClFN2O3S/c1-2-22(20,21)18-7-3-4-10(9-18)14(19)17-11-5-6-12(15)13(16)8-11/h5-6,8,10H,2-4,7,9H2,1H3,(H,17,19)/t10-/m0/s1. The normalized spacial score (nSPS) is 19.9. The third-order valence-electron chi connectivity index (χ3n) is 3.70. The molecule has 5 nitrogen and oxygen atoms in total. The Morgan fingerprint density at radius 1 is 1.50 bits per heavy atom. The van der Waals surface area contributed by atoms with Crippen molar-refractivity contribution in [3.8, 4) is 0 Å². The summed E-state index contributed by atoms with van der Waals surface area (Å²) in [6.45, 7) is 2.18. The molecular weight excluding hydrogens is 331 g/mol. The molecule has 1 aromatic rings. The summed E-state index contributed by atoms with van der Waals surface area (Å²) in [5.74, 6) is -1.34. The average molecular weight is 349 g/mol. The van der Waals surface area contributed by atoms with Gasteiger partial charge in [0.15, 0.2) is 0 Å². The van der Waals surface area contributed by atoms with Crippen molar-refractivity contribution < 1.29 is 17.6 Å². The van der Waals surface area contributed by atoms with E-state index in [1.165, 1.54) is 16.4 Å². The Balaban J connectivity index is 2.04. The van der Waals surface area contributed by atoms with Crippen LogP contribution < -0.4 is 5.32 Å². The fourth-order valence-electron chi connectivity index (χ4n) is 2.41. The van der Waals surface area contributed by atoms with Crippen molar-refractivity contribution in [2.45, 2.75) is 19.8 Å². The minimum Gasteiger partial charge on any atom is -0.326 e. The number of halogens is 2. The largest absolute Gasteiger partial charge is 0.326 e. The molecule has 0 aromatic heterocycles. The minimum atomic E-state index is -3.30. The summed E-state index contributed by atoms with van der Waals surface area (Å²) in [5, 5.41) is 2.59. The van der Waals surface area contributed by atoms with E-state index >= 15 is 0 Å². The summed E-state index contributed by atoms with van der Waals surface area (Å²) in [4.78, 5) is 12.2. The molecule has 1 saturated heterocycles. The fourth-order valence-corrected chi connectivity index (χ4v) is 3.71. The molecule has 22 heavy (non-hydrogen) atoms. The first-order valence-corrected chi connectivity index (χ1v) is 9.06. The third kappa shape index (κ3) is 3.97. The van der Waals surface area contributed by atoms with Gasteiger partial charge in [-0.2, -0.15) is 0 Å². The van der Waals surface area contributed by atoms with E-state index in [1.54, 1.807) is 6.92 Å². The van der Waals surface area contributed by atoms with Crippen molar-refractivity contribution in [1.29, 1.82) is 0 Å². The number of anilines is 1. The number of rotatable bonds is 4. The van der Waals surface area contributed by atoms with Crippen molar-refractivity contribution >= 4 is 33.2 Å². The van der Waals surface area contributed by atoms with Crippen LogP contribution in [0.15, 0.2) is 18.2 Å². The molecule has 0 unspecified atom stereocenters. The summed E-state index contributed by atoms with van der Waals surface area (Å²) in [6, 6.07) is 4.01. The number of carbonyl (C=O) groups is 1. The van der Waals surface area contributed by atoms with Crippen LogP contribution >= 0.6 is 11.6 Å². The molecule has 1 fully saturated rings. The molecule has 0 aliphatic carbocycles. The average Bonchev–Trinajstić information content (AvgIpc) is 2.51. The maximum Gasteiger partial charge on any atom is 0.228 e. The first-order valence-electron chi connectivity index (χ1n) is 7.07. The zero-order chi connectivity index (χ0) is 16.3. The lowest BCUT2D eigenvalue weighted by atomic mass is 9.99. The minimum absolute atomic E-state index is 0.0176. The van der Waals surface area contributed by atoms with Gasteiger partial charge in [0, 0.05) is 18.8 Å². The molecule has 1 atom stereocenters. The lowest BCUT2D eigenvalue weighted by Crippen LogP contribution is -2.44. The van der Waals surface area contributed by atoms with Crippen LogP contribution in [0.1, 0.15) is 19.8 Å². The Morgan fingerprint density at radius 3 is 2.86 bits per heavy atom. The topological polar surface area (TPSA) is 66.5 Å². The van der Waals surface area contributed by atoms with Crippen molar-refractivity contribution in [3.63, 3.8) is 0 Å². The van der Waals surface area contributed by atoms with Crippen LogP contribution in [0.25, 0.3) is 0 Å². The van der Waals surface area contributed by atoms with Crippen LogP contribution in [0.5, 0.6) is 0 Å². The van der Waals surface area contributed by atoms with E-state index in [-0.39, 0.29) is 23.2 Å². The van der Waals surface area contributed by atoms with Crippen molar-refractivity contribution in [1.82, 2.24) is 4.31 Å². The van der Waals surface area contributed by atoms with Gasteiger partial charge in [0.2, 0.25) is 15.9 Å². The molecule has 1 aromatic carbocycles. The molecule has 1 aliphatic heterocycles. The zero-order valence-corrected chi connectivity index (χ0v) is 13.8. The molecule has 1 amide bonds. The Labute approximate surface area is 134 Å². The van der Waals surface area contributed by atoms with E-state index < -0.39 is 21.8 Å². The van der Waals surface area contributed by atoms with E-state index in [0.717, 1.165) is 6.07 Å². The molecule has 122 valence electrons. The predicted molar refractivity (Wildman–Crippen MR) is 83.8 cm³/mol. The molecule has 0 radical (unpaired) electrons. The Hall–Kier alpha value is -1.18. The second-order valence-corrected chi connectivity index (χ2v) is 7.88. The molecule has 1 aliphatic rings. The molecule has 0 saturated carbocycles. The Kier molecular flexibility index (Phi) is 5.41. The summed E-state index contributed by atoms with van der Waals surface area (Å²) in [7, 11) is -3.30. The van der Waals surface area contributed by atoms with Crippen LogP contribution in [-0.4, -0.2) is 37.5 Å². The highest BCUT2D eigenvalue weighted by Crippen LogP contribution is 2.23. The third-order valence-corrected chi connectivity index (χ3v) is 5.85. The summed E-state index contributed by atoms with van der Waals surface area (Å²) in [6.07, 6.45) is 1.24. The van der Waals surface area contributed by atoms with Crippen molar-refractivity contribution in [2.75, 3.05) is 24.2 Å². The number of nitrogens with one attached hydrogen (secondary N) is 1. The van der Waals surface area contributed by atoms with Gasteiger partial charge in [-0.05, 0) is 38.0 Å². The second kappa shape index (κ2) is 6.93. The van der Waals surface area contributed by atoms with Gasteiger partial charge in [0.25, 0.3) is 0 Å². The molecule has 1 heterocycles. The molecular formula is C14H18ClFN2O3S. The number of amides is 1. The zero-order valence-electron chi connectivity index (χ0n) is 12.2. The number of carbonyl (C=O) groups excluding carboxylic acids is 1. The maximum absolute atomic E-state index is 13.4. The van der Waals surface area contributed by atoms with Crippen LogP contribution in [-0.2, 0) is 14.8 Å². The number of hydrogen-bond acceptors (Lipinski definition) is 3. The van der Waals surface area contributed by atoms with Gasteiger partial charge in [0.1, 0.15) is 5.82 Å². The smallest absolute Gasteiger partial charge is 0.228 e. The number of benzene rings is 1. The van der Waals surface area contributed by atoms with Crippen LogP contribution in [0.3, 0.4) is 0 Å². The lowest BCUT2D eigenvalue weighted by Gasteiger charge is -2.30. The number of hydrogen-bond donors (Lipinski definition) is 1. The number of nitrogens with zero attached hydrogens (tertiary/aromatic N) is 1. The van der Waals surface area contributed by atoms with Gasteiger partial charge in [-0.15, -0.1) is 0 Å². The van der Waals surface area contributed by atoms with Crippen LogP contribution in [0.2, 0.25) is 5.02 Å². The molecule has 1 N–H and O–H groups in total. The van der Waals surface area contributed by atoms with Crippen LogP contribution in [0.4, 0.5) is 10.1 Å². The highest BCUT2D eigenvalue weighted by atomic mass is 35.5. The number of sulfonamides is 1. The van der Waals surface area contributed by atoms with Gasteiger partial charge < -0.3 is 5.32 Å². The second-order valence-electron chi connectivity index (χ2n) is 5.22. The predicted octanol–water partition coefficient (Wildman–Crippen LogP) is 2.48. The molecule has 0 spiro atoms. The highest BCUT2D eigenvalue weighted by Gasteiger charge is 2.31. The molecule has 8 heteroatoms. The quantitative estimate of drug-likeness (QED) is 0.909.